The molecule has 0 fully saturated rings. The fraction of sp³-hybridized carbons (Fsp3) is 0.684. The molecule has 1 unspecified atom stereocenters. The zero-order valence-corrected chi connectivity index (χ0v) is 20.1. The van der Waals surface area contributed by atoms with Crippen LogP contribution in [0.5, 0.6) is 0 Å². The molecule has 0 aliphatic carbocycles. The molecule has 0 amide bonds. The van der Waals surface area contributed by atoms with E-state index in [4.69, 9.17) is 23.5 Å². The van der Waals surface area contributed by atoms with Gasteiger partial charge in [-0.1, -0.05) is 32.0 Å². The Morgan fingerprint density at radius 2 is 1.97 bits per heavy atom. The number of aromatic nitrogens is 2. The van der Waals surface area contributed by atoms with Crippen molar-refractivity contribution < 1.29 is 44.9 Å². The Balaban J connectivity index is 0. The molecular weight excluding hydrogens is 458 g/mol. The molecule has 178 valence electrons. The molecule has 30 heavy (non-hydrogen) atoms. The van der Waals surface area contributed by atoms with Gasteiger partial charge in [-0.05, 0) is 0 Å². The summed E-state index contributed by atoms with van der Waals surface area (Å²) in [5.74, 6) is 0. The van der Waals surface area contributed by atoms with E-state index in [1.54, 1.807) is 7.11 Å². The van der Waals surface area contributed by atoms with Gasteiger partial charge in [0.15, 0.2) is 0 Å². The first-order chi connectivity index (χ1) is 13.8. The van der Waals surface area contributed by atoms with Gasteiger partial charge < -0.3 is 49.6 Å². The SMILES string of the molecule is C=P(C)(O)OC[C@@H](COC)O[C@H](COCCOC)n1cc[c-]nc1=O.[CH2-]CCC.[Ni+2]. The average Bonchev–Trinajstić information content (AvgIpc) is 2.68. The number of ether oxygens (including phenoxy) is 4. The Kier molecular flexibility index (Phi) is 20.2. The number of hydrogen-bond acceptors (Lipinski definition) is 8. The third-order valence-corrected chi connectivity index (χ3v) is 3.99. The van der Waals surface area contributed by atoms with Crippen molar-refractivity contribution in [1.82, 2.24) is 9.55 Å². The van der Waals surface area contributed by atoms with E-state index < -0.39 is 25.4 Å². The van der Waals surface area contributed by atoms with Gasteiger partial charge in [-0.3, -0.25) is 0 Å². The van der Waals surface area contributed by atoms with Crippen molar-refractivity contribution in [3.63, 3.8) is 0 Å². The van der Waals surface area contributed by atoms with Crippen molar-refractivity contribution in [2.24, 2.45) is 0 Å². The van der Waals surface area contributed by atoms with Crippen LogP contribution in [0.2, 0.25) is 0 Å². The van der Waals surface area contributed by atoms with Gasteiger partial charge in [0.25, 0.3) is 0 Å². The van der Waals surface area contributed by atoms with Crippen molar-refractivity contribution in [3.05, 3.63) is 35.9 Å². The van der Waals surface area contributed by atoms with Crippen LogP contribution in [0.4, 0.5) is 0 Å². The summed E-state index contributed by atoms with van der Waals surface area (Å²) >= 11 is 0. The van der Waals surface area contributed by atoms with E-state index in [-0.39, 0.29) is 36.3 Å². The molecule has 0 aliphatic heterocycles. The van der Waals surface area contributed by atoms with E-state index in [1.165, 1.54) is 37.0 Å². The van der Waals surface area contributed by atoms with E-state index in [0.29, 0.717) is 13.2 Å². The monoisotopic (exact) mass is 492 g/mol. The predicted molar refractivity (Wildman–Crippen MR) is 114 cm³/mol. The zero-order valence-electron chi connectivity index (χ0n) is 18.2. The molecule has 0 aliphatic rings. The molecule has 1 N–H and O–H groups in total. The molecule has 9 nitrogen and oxygen atoms in total. The minimum absolute atomic E-state index is 0. The second-order valence-electron chi connectivity index (χ2n) is 6.18. The van der Waals surface area contributed by atoms with Gasteiger partial charge >= 0.3 is 16.5 Å². The normalized spacial score (nSPS) is 14.6. The molecule has 1 heterocycles. The topological polar surface area (TPSA) is 101 Å². The van der Waals surface area contributed by atoms with Gasteiger partial charge in [-0.15, -0.1) is 6.07 Å². The maximum Gasteiger partial charge on any atom is 2.00 e. The predicted octanol–water partition coefficient (Wildman–Crippen LogP) is 1.77. The summed E-state index contributed by atoms with van der Waals surface area (Å²) in [6.45, 7) is 8.38. The standard InChI is InChI=1S/C15H26N2O7P.C4H9.Ni/c1-20-8-9-22-12-14(17-7-5-6-16-15(17)18)24-13(10-21-2)11-23-25(3,4)19;1-3-4-2;/h5,7,13-14,19H,3,8-12H2,1-2,4H3;1,3-4H2,2H3;/q2*-1;+2/t13-,14-,25?;;/m1../s1. The van der Waals surface area contributed by atoms with E-state index in [1.807, 2.05) is 0 Å². The molecule has 0 saturated heterocycles. The van der Waals surface area contributed by atoms with Crippen LogP contribution in [0.25, 0.3) is 0 Å². The van der Waals surface area contributed by atoms with Crippen molar-refractivity contribution in [3.8, 4) is 0 Å². The number of unbranched alkanes of at least 4 members (excludes halogenated alkanes) is 1. The summed E-state index contributed by atoms with van der Waals surface area (Å²) in [5.41, 5.74) is -0.517. The first-order valence-corrected chi connectivity index (χ1v) is 11.6. The zero-order chi connectivity index (χ0) is 22.1. The minimum atomic E-state index is -2.67. The number of rotatable bonds is 14. The van der Waals surface area contributed by atoms with E-state index in [9.17, 15) is 9.69 Å². The Morgan fingerprint density at radius 1 is 1.30 bits per heavy atom. The van der Waals surface area contributed by atoms with Gasteiger partial charge in [0.05, 0.1) is 33.0 Å². The van der Waals surface area contributed by atoms with Crippen molar-refractivity contribution in [1.29, 1.82) is 0 Å². The molecule has 0 bridgehead atoms. The molecule has 1 rings (SSSR count). The van der Waals surface area contributed by atoms with Crippen molar-refractivity contribution in [2.75, 3.05) is 53.9 Å². The summed E-state index contributed by atoms with van der Waals surface area (Å²) in [6.07, 6.45) is 8.54. The number of hydrogen-bond donors (Lipinski definition) is 1. The third-order valence-electron chi connectivity index (χ3n) is 3.29. The second kappa shape index (κ2) is 19.1. The van der Waals surface area contributed by atoms with Gasteiger partial charge in [0.2, 0.25) is 5.69 Å². The Morgan fingerprint density at radius 3 is 2.47 bits per heavy atom. The summed E-state index contributed by atoms with van der Waals surface area (Å²) in [5, 5.41) is 0. The Bertz CT molecular complexity index is 625. The quantitative estimate of drug-likeness (QED) is 0.181. The minimum Gasteiger partial charge on any atom is -0.382 e. The van der Waals surface area contributed by atoms with E-state index in [0.717, 1.165) is 6.42 Å². The largest absolute Gasteiger partial charge is 2.00 e. The molecule has 1 aromatic rings. The van der Waals surface area contributed by atoms with Crippen molar-refractivity contribution in [2.45, 2.75) is 32.1 Å². The first kappa shape index (κ1) is 31.6. The molecule has 11 heteroatoms. The van der Waals surface area contributed by atoms with Crippen LogP contribution in [0.15, 0.2) is 17.1 Å². The Labute approximate surface area is 190 Å². The number of methoxy groups -OCH3 is 2. The Hall–Kier alpha value is -0.566. The maximum absolute atomic E-state index is 12.0. The summed E-state index contributed by atoms with van der Waals surface area (Å²) in [6, 6.07) is 1.50. The van der Waals surface area contributed by atoms with Gasteiger partial charge in [0.1, 0.15) is 19.7 Å². The van der Waals surface area contributed by atoms with Crippen LogP contribution >= 0.6 is 7.34 Å². The average molecular weight is 493 g/mol. The molecule has 0 spiro atoms. The molecular formula is C19H35N2NiO7P. The first-order valence-electron chi connectivity index (χ1n) is 9.32. The van der Waals surface area contributed by atoms with Gasteiger partial charge in [-0.25, -0.2) is 0 Å². The second-order valence-corrected chi connectivity index (χ2v) is 8.54. The van der Waals surface area contributed by atoms with Gasteiger partial charge in [0, 0.05) is 20.9 Å². The fourth-order valence-electron chi connectivity index (χ4n) is 1.84. The molecule has 3 atom stereocenters. The number of nitrogens with zero attached hydrogens (tertiary/aromatic N) is 2. The van der Waals surface area contributed by atoms with E-state index in [2.05, 4.69) is 31.3 Å². The van der Waals surface area contributed by atoms with Crippen LogP contribution in [0.3, 0.4) is 0 Å². The fourth-order valence-corrected chi connectivity index (χ4v) is 2.32. The van der Waals surface area contributed by atoms with Crippen LogP contribution in [0.1, 0.15) is 26.0 Å². The summed E-state index contributed by atoms with van der Waals surface area (Å²) in [7, 11) is 0.417. The van der Waals surface area contributed by atoms with E-state index >= 15 is 0 Å². The third kappa shape index (κ3) is 16.2. The molecule has 1 aromatic heterocycles. The van der Waals surface area contributed by atoms with Crippen LogP contribution in [-0.4, -0.2) is 80.8 Å². The summed E-state index contributed by atoms with van der Waals surface area (Å²) < 4.78 is 28.1. The van der Waals surface area contributed by atoms with Crippen LogP contribution in [-0.2, 0) is 40.0 Å². The maximum atomic E-state index is 12.0. The van der Waals surface area contributed by atoms with Crippen LogP contribution < -0.4 is 5.69 Å². The smallest absolute Gasteiger partial charge is 0.382 e. The molecule has 0 aromatic carbocycles. The van der Waals surface area contributed by atoms with Gasteiger partial charge in [-0.2, -0.15) is 6.42 Å². The summed E-state index contributed by atoms with van der Waals surface area (Å²) in [4.78, 5) is 25.3. The molecule has 0 radical (unpaired) electrons. The van der Waals surface area contributed by atoms with Crippen LogP contribution in [0, 0.1) is 13.1 Å². The molecule has 0 saturated carbocycles. The van der Waals surface area contributed by atoms with Crippen molar-refractivity contribution >= 4 is 13.6 Å².